The second-order valence-corrected chi connectivity index (χ2v) is 8.42. The summed E-state index contributed by atoms with van der Waals surface area (Å²) in [5.41, 5.74) is 1.32. The summed E-state index contributed by atoms with van der Waals surface area (Å²) in [4.78, 5) is 34.6. The van der Waals surface area contributed by atoms with Gasteiger partial charge in [0.1, 0.15) is 5.76 Å². The van der Waals surface area contributed by atoms with Gasteiger partial charge in [-0.25, -0.2) is 4.79 Å². The molecule has 2 aliphatic rings. The molecule has 1 heterocycles. The molecule has 8 heteroatoms. The number of carbonyl (C=O) groups is 2. The molecule has 1 saturated heterocycles. The number of piperazine rings is 1. The number of carbonyl (C=O) groups excluding carboxylic acids is 2. The van der Waals surface area contributed by atoms with Crippen LogP contribution in [0.1, 0.15) is 24.3 Å². The second kappa shape index (κ2) is 10.1. The number of benzene rings is 1. The molecule has 0 saturated carbocycles. The summed E-state index contributed by atoms with van der Waals surface area (Å²) in [6, 6.07) is 7.45. The highest BCUT2D eigenvalue weighted by molar-refractivity contribution is 6.30. The van der Waals surface area contributed by atoms with Gasteiger partial charge < -0.3 is 14.9 Å². The van der Waals surface area contributed by atoms with Crippen LogP contribution in [0.25, 0.3) is 0 Å². The van der Waals surface area contributed by atoms with Gasteiger partial charge in [-0.2, -0.15) is 0 Å². The zero-order chi connectivity index (χ0) is 21.7. The van der Waals surface area contributed by atoms with Crippen LogP contribution in [0, 0.1) is 0 Å². The first kappa shape index (κ1) is 22.3. The number of aliphatic hydroxyl groups excluding tert-OH is 1. The van der Waals surface area contributed by atoms with Crippen molar-refractivity contribution in [2.24, 2.45) is 4.99 Å². The van der Waals surface area contributed by atoms with Gasteiger partial charge >= 0.3 is 6.03 Å². The third-order valence-electron chi connectivity index (χ3n) is 5.62. The minimum Gasteiger partial charge on any atom is -0.511 e. The SMILES string of the molecule is CN(C)C(=O)N1CCN(CCN=CC2=C(O)CC(c3ccc(Cl)cc3)CC2=O)CC1. The highest BCUT2D eigenvalue weighted by atomic mass is 35.5. The van der Waals surface area contributed by atoms with Crippen molar-refractivity contribution in [1.82, 2.24) is 14.7 Å². The number of halogens is 1. The monoisotopic (exact) mass is 432 g/mol. The van der Waals surface area contributed by atoms with Gasteiger partial charge in [0, 0.05) is 70.9 Å². The van der Waals surface area contributed by atoms with Crippen molar-refractivity contribution in [3.63, 3.8) is 0 Å². The van der Waals surface area contributed by atoms with Crippen molar-refractivity contribution in [3.05, 3.63) is 46.2 Å². The van der Waals surface area contributed by atoms with Gasteiger partial charge in [0.15, 0.2) is 5.78 Å². The van der Waals surface area contributed by atoms with Crippen LogP contribution >= 0.6 is 11.6 Å². The molecule has 0 aromatic heterocycles. The third kappa shape index (κ3) is 5.61. The lowest BCUT2D eigenvalue weighted by atomic mass is 9.83. The predicted molar refractivity (Wildman–Crippen MR) is 119 cm³/mol. The Morgan fingerprint density at radius 2 is 1.87 bits per heavy atom. The first-order valence-corrected chi connectivity index (χ1v) is 10.6. The number of amides is 2. The highest BCUT2D eigenvalue weighted by Gasteiger charge is 2.28. The summed E-state index contributed by atoms with van der Waals surface area (Å²) in [6.07, 6.45) is 2.30. The Bertz CT molecular complexity index is 827. The quantitative estimate of drug-likeness (QED) is 0.726. The summed E-state index contributed by atoms with van der Waals surface area (Å²) < 4.78 is 0. The fraction of sp³-hybridized carbons (Fsp3) is 0.500. The van der Waals surface area contributed by atoms with E-state index >= 15 is 0 Å². The maximum atomic E-state index is 12.5. The van der Waals surface area contributed by atoms with Crippen LogP contribution in [0.4, 0.5) is 4.79 Å². The number of hydrogen-bond donors (Lipinski definition) is 1. The van der Waals surface area contributed by atoms with E-state index in [2.05, 4.69) is 9.89 Å². The molecule has 1 unspecified atom stereocenters. The van der Waals surface area contributed by atoms with Crippen LogP contribution in [0.3, 0.4) is 0 Å². The van der Waals surface area contributed by atoms with Crippen LogP contribution in [-0.2, 0) is 4.79 Å². The number of urea groups is 1. The van der Waals surface area contributed by atoms with E-state index in [4.69, 9.17) is 11.6 Å². The zero-order valence-corrected chi connectivity index (χ0v) is 18.3. The van der Waals surface area contributed by atoms with E-state index in [9.17, 15) is 14.7 Å². The van der Waals surface area contributed by atoms with Gasteiger partial charge in [-0.1, -0.05) is 23.7 Å². The number of ketones is 1. The molecule has 1 N–H and O–H groups in total. The predicted octanol–water partition coefficient (Wildman–Crippen LogP) is 2.97. The minimum absolute atomic E-state index is 0.0342. The largest absolute Gasteiger partial charge is 0.511 e. The van der Waals surface area contributed by atoms with Crippen LogP contribution < -0.4 is 0 Å². The average Bonchev–Trinajstić information content (AvgIpc) is 2.73. The molecule has 0 bridgehead atoms. The Labute approximate surface area is 182 Å². The van der Waals surface area contributed by atoms with Crippen LogP contribution in [0.5, 0.6) is 0 Å². The molecule has 1 aromatic carbocycles. The number of nitrogens with zero attached hydrogens (tertiary/aromatic N) is 4. The van der Waals surface area contributed by atoms with E-state index in [0.29, 0.717) is 43.1 Å². The van der Waals surface area contributed by atoms with Crippen LogP contribution in [0.2, 0.25) is 5.02 Å². The summed E-state index contributed by atoms with van der Waals surface area (Å²) in [6.45, 7) is 4.34. The van der Waals surface area contributed by atoms with Gasteiger partial charge in [0.05, 0.1) is 12.1 Å². The van der Waals surface area contributed by atoms with Crippen molar-refractivity contribution in [3.8, 4) is 0 Å². The summed E-state index contributed by atoms with van der Waals surface area (Å²) in [5.74, 6) is -0.0166. The third-order valence-corrected chi connectivity index (χ3v) is 5.87. The molecular formula is C22H29ClN4O3. The van der Waals surface area contributed by atoms with Crippen LogP contribution in [-0.4, -0.2) is 91.2 Å². The first-order valence-electron chi connectivity index (χ1n) is 10.2. The molecule has 30 heavy (non-hydrogen) atoms. The van der Waals surface area contributed by atoms with Crippen molar-refractivity contribution >= 4 is 29.6 Å². The average molecular weight is 433 g/mol. The van der Waals surface area contributed by atoms with E-state index in [1.54, 1.807) is 31.1 Å². The standard InChI is InChI=1S/C22H29ClN4O3/c1-25(2)22(30)27-11-9-26(10-12-27)8-7-24-15-19-20(28)13-17(14-21(19)29)16-3-5-18(23)6-4-16/h3-6,15,17,28H,7-14H2,1-2H3. The molecular weight excluding hydrogens is 404 g/mol. The summed E-state index contributed by atoms with van der Waals surface area (Å²) in [7, 11) is 3.52. The Morgan fingerprint density at radius 3 is 2.47 bits per heavy atom. The molecule has 3 rings (SSSR count). The Morgan fingerprint density at radius 1 is 1.20 bits per heavy atom. The van der Waals surface area contributed by atoms with Crippen molar-refractivity contribution in [2.45, 2.75) is 18.8 Å². The molecule has 7 nitrogen and oxygen atoms in total. The maximum absolute atomic E-state index is 12.5. The Hall–Kier alpha value is -2.38. The number of rotatable bonds is 5. The molecule has 162 valence electrons. The maximum Gasteiger partial charge on any atom is 0.319 e. The summed E-state index contributed by atoms with van der Waals surface area (Å²) >= 11 is 5.93. The van der Waals surface area contributed by atoms with Crippen molar-refractivity contribution in [1.29, 1.82) is 0 Å². The van der Waals surface area contributed by atoms with Gasteiger partial charge in [0.25, 0.3) is 0 Å². The second-order valence-electron chi connectivity index (χ2n) is 7.98. The number of allylic oxidation sites excluding steroid dienone is 2. The molecule has 1 aliphatic heterocycles. The number of aliphatic hydroxyl groups is 1. The summed E-state index contributed by atoms with van der Waals surface area (Å²) in [5, 5.41) is 11.0. The lowest BCUT2D eigenvalue weighted by molar-refractivity contribution is -0.116. The van der Waals surface area contributed by atoms with E-state index in [1.807, 2.05) is 17.0 Å². The Kier molecular flexibility index (Phi) is 7.50. The number of Topliss-reactive ketones (excluding diaryl/α,β-unsaturated/α-hetero) is 1. The van der Waals surface area contributed by atoms with Gasteiger partial charge in [-0.05, 0) is 23.6 Å². The fourth-order valence-corrected chi connectivity index (χ4v) is 3.95. The normalized spacial score (nSPS) is 20.8. The van der Waals surface area contributed by atoms with Crippen molar-refractivity contribution in [2.75, 3.05) is 53.4 Å². The van der Waals surface area contributed by atoms with Gasteiger partial charge in [0.2, 0.25) is 0 Å². The molecule has 0 spiro atoms. The molecule has 2 amide bonds. The topological polar surface area (TPSA) is 76.5 Å². The van der Waals surface area contributed by atoms with E-state index < -0.39 is 0 Å². The van der Waals surface area contributed by atoms with E-state index in [1.165, 1.54) is 6.21 Å². The van der Waals surface area contributed by atoms with Crippen molar-refractivity contribution < 1.29 is 14.7 Å². The lowest BCUT2D eigenvalue weighted by Gasteiger charge is -2.35. The van der Waals surface area contributed by atoms with Gasteiger partial charge in [-0.15, -0.1) is 0 Å². The molecule has 1 fully saturated rings. The highest BCUT2D eigenvalue weighted by Crippen LogP contribution is 2.33. The molecule has 0 radical (unpaired) electrons. The molecule has 1 aliphatic carbocycles. The minimum atomic E-state index is -0.0849. The van der Waals surface area contributed by atoms with Crippen LogP contribution in [0.15, 0.2) is 40.6 Å². The first-order chi connectivity index (χ1) is 14.3. The number of aliphatic imine (C=N–C) groups is 1. The molecule has 1 aromatic rings. The Balaban J connectivity index is 1.48. The smallest absolute Gasteiger partial charge is 0.319 e. The fourth-order valence-electron chi connectivity index (χ4n) is 3.83. The lowest BCUT2D eigenvalue weighted by Crippen LogP contribution is -2.51. The number of hydrogen-bond acceptors (Lipinski definition) is 5. The van der Waals surface area contributed by atoms with E-state index in [-0.39, 0.29) is 23.5 Å². The molecule has 1 atom stereocenters. The zero-order valence-electron chi connectivity index (χ0n) is 17.6. The van der Waals surface area contributed by atoms with Gasteiger partial charge in [-0.3, -0.25) is 14.7 Å². The van der Waals surface area contributed by atoms with E-state index in [0.717, 1.165) is 25.2 Å².